The molecule has 0 fully saturated rings. The molecule has 0 aliphatic heterocycles. The molecule has 0 bridgehead atoms. The number of primary amides is 1. The molecule has 1 aromatic carbocycles. The number of hydrogen-bond donors (Lipinski definition) is 2. The molecule has 0 aromatic heterocycles. The summed E-state index contributed by atoms with van der Waals surface area (Å²) in [6.45, 7) is 0.230. The zero-order chi connectivity index (χ0) is 15.1. The van der Waals surface area contributed by atoms with Gasteiger partial charge in [0.05, 0.1) is 14.1 Å². The number of nitrogens with two attached hydrogens (primary N) is 1. The number of likely N-dealkylation sites (N-methyl/N-ethyl adjacent to an activating group) is 1. The summed E-state index contributed by atoms with van der Waals surface area (Å²) >= 11 is 0. The monoisotopic (exact) mass is 315 g/mol. The van der Waals surface area contributed by atoms with Crippen LogP contribution in [-0.4, -0.2) is 50.8 Å². The number of imide groups is 1. The molecular formula is C14H22ClN3O3. The third kappa shape index (κ3) is 6.46. The van der Waals surface area contributed by atoms with Crippen molar-refractivity contribution in [1.29, 1.82) is 0 Å². The van der Waals surface area contributed by atoms with Crippen molar-refractivity contribution in [2.45, 2.75) is 12.5 Å². The molecule has 0 saturated carbocycles. The fraction of sp³-hybridized carbons (Fsp3) is 0.429. The Kier molecular flexibility index (Phi) is 8.42. The average Bonchev–Trinajstić information content (AvgIpc) is 2.42. The van der Waals surface area contributed by atoms with Gasteiger partial charge in [0.25, 0.3) is 0 Å². The van der Waals surface area contributed by atoms with Crippen LogP contribution in [0.3, 0.4) is 0 Å². The minimum Gasteiger partial charge on any atom is -1.00 e. The highest BCUT2D eigenvalue weighted by molar-refractivity contribution is 5.89. The van der Waals surface area contributed by atoms with E-state index in [9.17, 15) is 9.59 Å². The molecule has 0 aliphatic carbocycles. The molecule has 21 heavy (non-hydrogen) atoms. The maximum Gasteiger partial charge on any atom is 0.417 e. The summed E-state index contributed by atoms with van der Waals surface area (Å²) in [5.74, 6) is 0. The van der Waals surface area contributed by atoms with Gasteiger partial charge >= 0.3 is 12.1 Å². The highest BCUT2D eigenvalue weighted by atomic mass is 35.5. The lowest BCUT2D eigenvalue weighted by molar-refractivity contribution is -0.885. The lowest BCUT2D eigenvalue weighted by Crippen LogP contribution is -3.11. The van der Waals surface area contributed by atoms with Gasteiger partial charge in [0.15, 0.2) is 0 Å². The molecule has 0 unspecified atom stereocenters. The number of benzene rings is 1. The summed E-state index contributed by atoms with van der Waals surface area (Å²) in [6, 6.07) is 9.27. The van der Waals surface area contributed by atoms with Crippen molar-refractivity contribution in [3.8, 4) is 0 Å². The van der Waals surface area contributed by atoms with Gasteiger partial charge in [0.2, 0.25) is 0 Å². The van der Waals surface area contributed by atoms with E-state index >= 15 is 0 Å². The van der Waals surface area contributed by atoms with Crippen molar-refractivity contribution in [1.82, 2.24) is 4.90 Å². The highest BCUT2D eigenvalue weighted by Crippen LogP contribution is 2.02. The summed E-state index contributed by atoms with van der Waals surface area (Å²) in [5.41, 5.74) is 6.19. The first kappa shape index (κ1) is 19.2. The normalized spacial score (nSPS) is 11.4. The Morgan fingerprint density at radius 1 is 1.29 bits per heavy atom. The number of carbonyl (C=O) groups is 2. The van der Waals surface area contributed by atoms with E-state index in [-0.39, 0.29) is 25.1 Å². The first-order chi connectivity index (χ1) is 9.41. The van der Waals surface area contributed by atoms with Crippen molar-refractivity contribution >= 4 is 12.1 Å². The van der Waals surface area contributed by atoms with Gasteiger partial charge in [-0.3, -0.25) is 0 Å². The van der Waals surface area contributed by atoms with Crippen LogP contribution < -0.4 is 23.0 Å². The standard InChI is InChI=1S/C14H21N3O3.ClH/c1-16(2)12(9-11-7-5-4-6-8-11)10-20-14(19)17(3)13(15)18;/h4-8,12H,9-10H2,1-3H3,(H2,15,18);1H/t12-;/m1./s1. The van der Waals surface area contributed by atoms with Crippen molar-refractivity contribution in [2.75, 3.05) is 27.7 Å². The van der Waals surface area contributed by atoms with Crippen LogP contribution in [0.25, 0.3) is 0 Å². The molecule has 0 aliphatic rings. The van der Waals surface area contributed by atoms with Gasteiger partial charge < -0.3 is 27.8 Å². The van der Waals surface area contributed by atoms with Crippen molar-refractivity contribution < 1.29 is 31.6 Å². The second-order valence-corrected chi connectivity index (χ2v) is 4.94. The Labute approximate surface area is 131 Å². The van der Waals surface area contributed by atoms with E-state index in [1.54, 1.807) is 0 Å². The van der Waals surface area contributed by atoms with E-state index in [0.29, 0.717) is 0 Å². The van der Waals surface area contributed by atoms with Crippen LogP contribution in [0, 0.1) is 0 Å². The van der Waals surface area contributed by atoms with E-state index < -0.39 is 12.1 Å². The number of hydrogen-bond acceptors (Lipinski definition) is 3. The first-order valence-electron chi connectivity index (χ1n) is 6.45. The number of rotatable bonds is 5. The van der Waals surface area contributed by atoms with Crippen molar-refractivity contribution in [2.24, 2.45) is 5.73 Å². The van der Waals surface area contributed by atoms with Gasteiger partial charge in [-0.05, 0) is 5.56 Å². The van der Waals surface area contributed by atoms with E-state index in [0.717, 1.165) is 11.3 Å². The second kappa shape index (κ2) is 9.20. The van der Waals surface area contributed by atoms with Gasteiger partial charge in [-0.1, -0.05) is 30.3 Å². The lowest BCUT2D eigenvalue weighted by atomic mass is 10.1. The van der Waals surface area contributed by atoms with Gasteiger partial charge in [-0.15, -0.1) is 0 Å². The maximum atomic E-state index is 11.6. The largest absolute Gasteiger partial charge is 1.00 e. The van der Waals surface area contributed by atoms with Crippen LogP contribution in [0.5, 0.6) is 0 Å². The molecule has 1 rings (SSSR count). The van der Waals surface area contributed by atoms with Crippen molar-refractivity contribution in [3.05, 3.63) is 35.9 Å². The molecule has 0 saturated heterocycles. The van der Waals surface area contributed by atoms with Crippen LogP contribution in [0.1, 0.15) is 5.56 Å². The molecular weight excluding hydrogens is 294 g/mol. The average molecular weight is 316 g/mol. The molecule has 0 radical (unpaired) electrons. The number of urea groups is 1. The molecule has 7 heteroatoms. The molecule has 3 N–H and O–H groups in total. The topological polar surface area (TPSA) is 77.1 Å². The van der Waals surface area contributed by atoms with E-state index in [1.807, 2.05) is 44.4 Å². The van der Waals surface area contributed by atoms with E-state index in [4.69, 9.17) is 10.5 Å². The van der Waals surface area contributed by atoms with E-state index in [1.165, 1.54) is 17.5 Å². The van der Waals surface area contributed by atoms with Crippen LogP contribution >= 0.6 is 0 Å². The Bertz CT molecular complexity index is 454. The van der Waals surface area contributed by atoms with Gasteiger partial charge in [-0.25, -0.2) is 14.5 Å². The number of quaternary nitrogens is 1. The number of halogens is 1. The van der Waals surface area contributed by atoms with Crippen LogP contribution in [0.4, 0.5) is 9.59 Å². The molecule has 6 nitrogen and oxygen atoms in total. The predicted octanol–water partition coefficient (Wildman–Crippen LogP) is -3.11. The molecule has 118 valence electrons. The molecule has 1 atom stereocenters. The lowest BCUT2D eigenvalue weighted by Gasteiger charge is -2.22. The van der Waals surface area contributed by atoms with Gasteiger partial charge in [0.1, 0.15) is 12.6 Å². The summed E-state index contributed by atoms with van der Waals surface area (Å²) < 4.78 is 5.13. The Hall–Kier alpha value is -1.79. The second-order valence-electron chi connectivity index (χ2n) is 4.94. The third-order valence-corrected chi connectivity index (χ3v) is 3.15. The molecule has 0 spiro atoms. The molecule has 3 amide bonds. The predicted molar refractivity (Wildman–Crippen MR) is 75.4 cm³/mol. The zero-order valence-electron chi connectivity index (χ0n) is 12.5. The SMILES string of the molecule is CN(C(N)=O)C(=O)OC[C@@H](Cc1ccccc1)[NH+](C)C.[Cl-]. The number of carbonyl (C=O) groups excluding carboxylic acids is 2. The van der Waals surface area contributed by atoms with Gasteiger partial charge in [-0.2, -0.15) is 0 Å². The summed E-state index contributed by atoms with van der Waals surface area (Å²) in [7, 11) is 5.29. The fourth-order valence-corrected chi connectivity index (χ4v) is 1.69. The van der Waals surface area contributed by atoms with Crippen LogP contribution in [-0.2, 0) is 11.2 Å². The maximum absolute atomic E-state index is 11.6. The number of amides is 3. The zero-order valence-corrected chi connectivity index (χ0v) is 13.3. The minimum atomic E-state index is -0.827. The fourth-order valence-electron chi connectivity index (χ4n) is 1.69. The number of nitrogens with zero attached hydrogens (tertiary/aromatic N) is 1. The Morgan fingerprint density at radius 3 is 2.33 bits per heavy atom. The molecule has 1 aromatic rings. The first-order valence-corrected chi connectivity index (χ1v) is 6.45. The Morgan fingerprint density at radius 2 is 1.86 bits per heavy atom. The number of ether oxygens (including phenoxy) is 1. The van der Waals surface area contributed by atoms with Crippen LogP contribution in [0.15, 0.2) is 30.3 Å². The smallest absolute Gasteiger partial charge is 0.417 e. The summed E-state index contributed by atoms with van der Waals surface area (Å²) in [4.78, 5) is 24.3. The van der Waals surface area contributed by atoms with E-state index in [2.05, 4.69) is 0 Å². The van der Waals surface area contributed by atoms with Gasteiger partial charge in [0, 0.05) is 13.5 Å². The minimum absolute atomic E-state index is 0. The third-order valence-electron chi connectivity index (χ3n) is 3.15. The molecule has 0 heterocycles. The highest BCUT2D eigenvalue weighted by Gasteiger charge is 2.21. The Balaban J connectivity index is 0.00000400. The summed E-state index contributed by atoms with van der Waals surface area (Å²) in [5, 5.41) is 0. The summed E-state index contributed by atoms with van der Waals surface area (Å²) in [6.07, 6.45) is 0.0633. The van der Waals surface area contributed by atoms with Crippen molar-refractivity contribution in [3.63, 3.8) is 0 Å². The number of nitrogens with one attached hydrogen (secondary N) is 1. The quantitative estimate of drug-likeness (QED) is 0.604. The van der Waals surface area contributed by atoms with Crippen LogP contribution in [0.2, 0.25) is 0 Å².